The highest BCUT2D eigenvalue weighted by molar-refractivity contribution is 9.11. The molecule has 0 aliphatic carbocycles. The van der Waals surface area contributed by atoms with E-state index in [1.807, 2.05) is 0 Å². The van der Waals surface area contributed by atoms with Gasteiger partial charge in [-0.2, -0.15) is 8.42 Å². The Morgan fingerprint density at radius 1 is 1.62 bits per heavy atom. The first-order chi connectivity index (χ1) is 5.97. The number of hydrogen-bond acceptors (Lipinski definition) is 4. The lowest BCUT2D eigenvalue weighted by atomic mass is 10.5. The Kier molecular flexibility index (Phi) is 3.02. The number of hydrogen-bond donors (Lipinski definition) is 0. The summed E-state index contributed by atoms with van der Waals surface area (Å²) in [4.78, 5) is 10.5. The average Bonchev–Trinajstić information content (AvgIpc) is 2.30. The third kappa shape index (κ3) is 2.25. The molecule has 13 heavy (non-hydrogen) atoms. The third-order valence-corrected chi connectivity index (χ3v) is 4.25. The van der Waals surface area contributed by atoms with Gasteiger partial charge >= 0.3 is 0 Å². The van der Waals surface area contributed by atoms with E-state index in [0.29, 0.717) is 8.66 Å². The summed E-state index contributed by atoms with van der Waals surface area (Å²) >= 11 is 4.41. The van der Waals surface area contributed by atoms with Crippen molar-refractivity contribution < 1.29 is 13.2 Å². The summed E-state index contributed by atoms with van der Waals surface area (Å²) in [5.74, 6) is 0. The normalized spacial score (nSPS) is 10.9. The zero-order chi connectivity index (χ0) is 10.1. The molecule has 0 spiro atoms. The van der Waals surface area contributed by atoms with Gasteiger partial charge in [0, 0.05) is 4.88 Å². The van der Waals surface area contributed by atoms with Gasteiger partial charge in [0.25, 0.3) is 16.1 Å². The first-order valence-electron chi connectivity index (χ1n) is 3.07. The van der Waals surface area contributed by atoms with Gasteiger partial charge in [0.1, 0.15) is 4.90 Å². The summed E-state index contributed by atoms with van der Waals surface area (Å²) in [6, 6.07) is 1.41. The van der Waals surface area contributed by atoms with Crippen LogP contribution in [0, 0.1) is 6.92 Å². The van der Waals surface area contributed by atoms with Gasteiger partial charge in [0.2, 0.25) is 0 Å². The number of sulfonamides is 1. The van der Waals surface area contributed by atoms with Crippen molar-refractivity contribution in [3.8, 4) is 0 Å². The van der Waals surface area contributed by atoms with E-state index in [0.717, 1.165) is 6.08 Å². The van der Waals surface area contributed by atoms with Gasteiger partial charge in [-0.1, -0.05) is 4.40 Å². The third-order valence-electron chi connectivity index (χ3n) is 1.28. The van der Waals surface area contributed by atoms with Crippen molar-refractivity contribution in [1.29, 1.82) is 0 Å². The predicted octanol–water partition coefficient (Wildman–Crippen LogP) is 1.84. The second-order valence-corrected chi connectivity index (χ2v) is 6.34. The lowest BCUT2D eigenvalue weighted by molar-refractivity contribution is 0.563. The van der Waals surface area contributed by atoms with Gasteiger partial charge in [-0.3, -0.25) is 0 Å². The molecule has 0 amide bonds. The summed E-state index contributed by atoms with van der Waals surface area (Å²) in [5.41, 5.74) is 0. The van der Waals surface area contributed by atoms with Gasteiger partial charge < -0.3 is 0 Å². The Bertz CT molecular complexity index is 470. The lowest BCUT2D eigenvalue weighted by Crippen LogP contribution is -1.95. The number of aryl methyl sites for hydroxylation is 1. The highest BCUT2D eigenvalue weighted by atomic mass is 79.9. The van der Waals surface area contributed by atoms with Crippen molar-refractivity contribution in [3.05, 3.63) is 14.7 Å². The van der Waals surface area contributed by atoms with Crippen LogP contribution in [-0.2, 0) is 14.8 Å². The van der Waals surface area contributed by atoms with Crippen molar-refractivity contribution in [2.24, 2.45) is 4.40 Å². The van der Waals surface area contributed by atoms with Crippen molar-refractivity contribution >= 4 is 43.4 Å². The van der Waals surface area contributed by atoms with Crippen molar-refractivity contribution in [3.63, 3.8) is 0 Å². The van der Waals surface area contributed by atoms with Crippen LogP contribution >= 0.6 is 27.3 Å². The van der Waals surface area contributed by atoms with E-state index in [-0.39, 0.29) is 4.90 Å². The largest absolute Gasteiger partial charge is 0.293 e. The number of halogens is 1. The van der Waals surface area contributed by atoms with Crippen LogP contribution in [0.25, 0.3) is 0 Å². The number of isocyanates is 1. The fourth-order valence-electron chi connectivity index (χ4n) is 0.785. The van der Waals surface area contributed by atoms with Gasteiger partial charge in [-0.05, 0) is 28.9 Å². The van der Waals surface area contributed by atoms with E-state index in [9.17, 15) is 13.2 Å². The molecule has 0 aromatic carbocycles. The molecule has 1 aromatic heterocycles. The van der Waals surface area contributed by atoms with Crippen LogP contribution in [0.1, 0.15) is 4.88 Å². The van der Waals surface area contributed by atoms with Crippen LogP contribution in [-0.4, -0.2) is 14.5 Å². The lowest BCUT2D eigenvalue weighted by Gasteiger charge is -1.91. The predicted molar refractivity (Wildman–Crippen MR) is 52.1 cm³/mol. The molecule has 0 fully saturated rings. The number of carbonyl (C=O) groups excluding carboxylic acids is 1. The second kappa shape index (κ2) is 3.71. The fourth-order valence-corrected chi connectivity index (χ4v) is 3.86. The Morgan fingerprint density at radius 2 is 2.23 bits per heavy atom. The van der Waals surface area contributed by atoms with E-state index in [1.165, 1.54) is 17.4 Å². The van der Waals surface area contributed by atoms with Crippen LogP contribution in [0.2, 0.25) is 0 Å². The Labute approximate surface area is 87.5 Å². The molecule has 0 aliphatic heterocycles. The number of rotatable bonds is 2. The Morgan fingerprint density at radius 3 is 2.62 bits per heavy atom. The molecule has 0 bridgehead atoms. The molecule has 1 aromatic rings. The highest BCUT2D eigenvalue weighted by Crippen LogP contribution is 2.30. The minimum atomic E-state index is -3.84. The van der Waals surface area contributed by atoms with Crippen LogP contribution in [0.5, 0.6) is 0 Å². The van der Waals surface area contributed by atoms with E-state index < -0.39 is 10.0 Å². The topological polar surface area (TPSA) is 63.6 Å². The molecule has 0 saturated carbocycles. The molecule has 0 aliphatic rings. The maximum atomic E-state index is 11.2. The smallest absolute Gasteiger partial charge is 0.210 e. The maximum absolute atomic E-state index is 11.2. The fraction of sp³-hybridized carbons (Fsp3) is 0.167. The van der Waals surface area contributed by atoms with E-state index in [4.69, 9.17) is 0 Å². The molecule has 7 heteroatoms. The van der Waals surface area contributed by atoms with Gasteiger partial charge in [0.15, 0.2) is 0 Å². The van der Waals surface area contributed by atoms with E-state index in [2.05, 4.69) is 20.3 Å². The second-order valence-electron chi connectivity index (χ2n) is 2.13. The molecule has 0 N–H and O–H groups in total. The first kappa shape index (κ1) is 10.6. The first-order valence-corrected chi connectivity index (χ1v) is 6.12. The van der Waals surface area contributed by atoms with Crippen LogP contribution in [0.15, 0.2) is 19.1 Å². The van der Waals surface area contributed by atoms with Crippen molar-refractivity contribution in [2.45, 2.75) is 11.8 Å². The zero-order valence-corrected chi connectivity index (χ0v) is 9.66. The molecule has 70 valence electrons. The molecular formula is C6H4BrNO3S2. The van der Waals surface area contributed by atoms with E-state index >= 15 is 0 Å². The average molecular weight is 282 g/mol. The molecule has 0 atom stereocenters. The van der Waals surface area contributed by atoms with Crippen LogP contribution in [0.3, 0.4) is 0 Å². The molecule has 0 radical (unpaired) electrons. The van der Waals surface area contributed by atoms with Crippen molar-refractivity contribution in [2.75, 3.05) is 0 Å². The molecule has 0 unspecified atom stereocenters. The molecule has 0 saturated heterocycles. The van der Waals surface area contributed by atoms with E-state index in [1.54, 1.807) is 6.92 Å². The standard InChI is InChI=1S/C6H4BrNO3S2/c1-4-5(2-6(7)12-4)13(10,11)8-3-9/h2H,1H3. The quantitative estimate of drug-likeness (QED) is 0.614. The van der Waals surface area contributed by atoms with Gasteiger partial charge in [-0.25, -0.2) is 4.79 Å². The maximum Gasteiger partial charge on any atom is 0.293 e. The molecule has 4 nitrogen and oxygen atoms in total. The van der Waals surface area contributed by atoms with Crippen LogP contribution in [0.4, 0.5) is 0 Å². The van der Waals surface area contributed by atoms with Gasteiger partial charge in [-0.15, -0.1) is 11.3 Å². The monoisotopic (exact) mass is 281 g/mol. The van der Waals surface area contributed by atoms with Gasteiger partial charge in [0.05, 0.1) is 3.79 Å². The highest BCUT2D eigenvalue weighted by Gasteiger charge is 2.18. The molecular weight excluding hydrogens is 278 g/mol. The summed E-state index contributed by atoms with van der Waals surface area (Å²) in [6.07, 6.45) is 1.02. The number of thiophene rings is 1. The van der Waals surface area contributed by atoms with Crippen molar-refractivity contribution in [1.82, 2.24) is 0 Å². The summed E-state index contributed by atoms with van der Waals surface area (Å²) in [7, 11) is -3.84. The summed E-state index contributed by atoms with van der Waals surface area (Å²) < 4.78 is 25.9. The molecule has 1 heterocycles. The Balaban J connectivity index is 3.38. The summed E-state index contributed by atoms with van der Waals surface area (Å²) in [6.45, 7) is 1.64. The molecule has 1 rings (SSSR count). The number of nitrogens with zero attached hydrogens (tertiary/aromatic N) is 1. The minimum absolute atomic E-state index is 0.0488. The SMILES string of the molecule is Cc1sc(Br)cc1S(=O)(=O)N=C=O. The zero-order valence-electron chi connectivity index (χ0n) is 6.44. The Hall–Kier alpha value is -0.490. The van der Waals surface area contributed by atoms with Crippen LogP contribution < -0.4 is 0 Å². The minimum Gasteiger partial charge on any atom is -0.210 e. The summed E-state index contributed by atoms with van der Waals surface area (Å²) in [5, 5.41) is 0.